The number of nitrogens with one attached hydrogen (secondary N) is 1. The lowest BCUT2D eigenvalue weighted by molar-refractivity contribution is 0.0278. The number of aliphatic imine (C=N–C) groups is 1. The zero-order valence-electron chi connectivity index (χ0n) is 14.5. The Bertz CT molecular complexity index is 439. The summed E-state index contributed by atoms with van der Waals surface area (Å²) >= 11 is 0. The van der Waals surface area contributed by atoms with Crippen LogP contribution in [0.1, 0.15) is 19.4 Å². The fourth-order valence-electron chi connectivity index (χ4n) is 1.81. The van der Waals surface area contributed by atoms with Crippen molar-refractivity contribution in [3.8, 4) is 0 Å². The molecule has 0 saturated heterocycles. The molecule has 0 saturated carbocycles. The summed E-state index contributed by atoms with van der Waals surface area (Å²) in [6, 6.07) is 10.1. The van der Waals surface area contributed by atoms with E-state index in [4.69, 9.17) is 4.74 Å². The molecule has 2 N–H and O–H groups in total. The topological polar surface area (TPSA) is 57.1 Å². The Morgan fingerprint density at radius 3 is 2.43 bits per heavy atom. The maximum atomic E-state index is 9.92. The van der Waals surface area contributed by atoms with Gasteiger partial charge in [-0.15, -0.1) is 24.0 Å². The summed E-state index contributed by atoms with van der Waals surface area (Å²) in [5.74, 6) is 1.23. The van der Waals surface area contributed by atoms with Gasteiger partial charge in [0.25, 0.3) is 0 Å². The van der Waals surface area contributed by atoms with Crippen molar-refractivity contribution in [2.75, 3.05) is 33.9 Å². The van der Waals surface area contributed by atoms with Crippen LogP contribution in [0, 0.1) is 5.92 Å². The van der Waals surface area contributed by atoms with E-state index in [1.807, 2.05) is 49.3 Å². The van der Waals surface area contributed by atoms with Gasteiger partial charge in [-0.3, -0.25) is 0 Å². The van der Waals surface area contributed by atoms with Gasteiger partial charge in [0.2, 0.25) is 0 Å². The molecule has 0 bridgehead atoms. The minimum atomic E-state index is -0.541. The van der Waals surface area contributed by atoms with Crippen molar-refractivity contribution in [2.24, 2.45) is 10.9 Å². The number of ether oxygens (including phenoxy) is 1. The molecular formula is C17H30IN3O2. The van der Waals surface area contributed by atoms with Crippen LogP contribution in [0.3, 0.4) is 0 Å². The van der Waals surface area contributed by atoms with Crippen molar-refractivity contribution >= 4 is 29.9 Å². The number of nitrogens with zero attached hydrogens (tertiary/aromatic N) is 2. The fourth-order valence-corrected chi connectivity index (χ4v) is 1.81. The molecule has 0 amide bonds. The van der Waals surface area contributed by atoms with Gasteiger partial charge in [-0.05, 0) is 11.5 Å². The Labute approximate surface area is 157 Å². The van der Waals surface area contributed by atoms with E-state index in [2.05, 4.69) is 24.2 Å². The van der Waals surface area contributed by atoms with Crippen molar-refractivity contribution in [3.05, 3.63) is 35.9 Å². The van der Waals surface area contributed by atoms with E-state index in [9.17, 15) is 5.11 Å². The predicted octanol–water partition coefficient (Wildman–Crippen LogP) is 2.35. The number of rotatable bonds is 8. The zero-order valence-corrected chi connectivity index (χ0v) is 16.9. The summed E-state index contributed by atoms with van der Waals surface area (Å²) in [4.78, 5) is 6.46. The zero-order chi connectivity index (χ0) is 16.4. The molecule has 1 atom stereocenters. The van der Waals surface area contributed by atoms with Gasteiger partial charge in [0.05, 0.1) is 19.3 Å². The number of halogens is 1. The van der Waals surface area contributed by atoms with E-state index in [0.717, 1.165) is 11.5 Å². The number of aliphatic hydroxyl groups excluding tert-OH is 1. The lowest BCUT2D eigenvalue weighted by atomic mass is 10.2. The molecule has 0 heterocycles. The Kier molecular flexibility index (Phi) is 12.1. The van der Waals surface area contributed by atoms with E-state index in [1.54, 1.807) is 0 Å². The van der Waals surface area contributed by atoms with Crippen LogP contribution in [0.15, 0.2) is 35.3 Å². The van der Waals surface area contributed by atoms with Gasteiger partial charge in [-0.25, -0.2) is 4.99 Å². The van der Waals surface area contributed by atoms with Crippen molar-refractivity contribution < 1.29 is 9.84 Å². The first-order valence-electron chi connectivity index (χ1n) is 7.74. The standard InChI is InChI=1S/C17H29N3O2.HI/c1-14(2)12-22-13-16(21)11-19-17(20(3)4)18-10-15-8-6-5-7-9-15;/h5-9,14,16,21H,10-13H2,1-4H3,(H,18,19);1H. The molecule has 0 aliphatic rings. The molecule has 0 fully saturated rings. The molecule has 0 aliphatic carbocycles. The first-order chi connectivity index (χ1) is 10.5. The Hall–Kier alpha value is -0.860. The molecule has 1 aromatic carbocycles. The van der Waals surface area contributed by atoms with Crippen molar-refractivity contribution in [1.82, 2.24) is 10.2 Å². The number of hydrogen-bond donors (Lipinski definition) is 2. The molecule has 5 nitrogen and oxygen atoms in total. The summed E-state index contributed by atoms with van der Waals surface area (Å²) in [6.07, 6.45) is -0.541. The maximum absolute atomic E-state index is 9.92. The van der Waals surface area contributed by atoms with Crippen LogP contribution in [0.25, 0.3) is 0 Å². The Morgan fingerprint density at radius 2 is 1.87 bits per heavy atom. The monoisotopic (exact) mass is 435 g/mol. The highest BCUT2D eigenvalue weighted by molar-refractivity contribution is 14.0. The van der Waals surface area contributed by atoms with E-state index < -0.39 is 6.10 Å². The molecule has 1 unspecified atom stereocenters. The molecule has 0 aliphatic heterocycles. The summed E-state index contributed by atoms with van der Waals surface area (Å²) < 4.78 is 5.44. The molecule has 0 radical (unpaired) electrons. The van der Waals surface area contributed by atoms with E-state index in [-0.39, 0.29) is 24.0 Å². The second-order valence-corrected chi connectivity index (χ2v) is 5.99. The molecule has 23 heavy (non-hydrogen) atoms. The number of aliphatic hydroxyl groups is 1. The van der Waals surface area contributed by atoms with Crippen LogP contribution in [-0.2, 0) is 11.3 Å². The number of guanidine groups is 1. The Morgan fingerprint density at radius 1 is 1.22 bits per heavy atom. The van der Waals surface area contributed by atoms with Gasteiger partial charge in [-0.1, -0.05) is 44.2 Å². The van der Waals surface area contributed by atoms with Crippen molar-refractivity contribution in [3.63, 3.8) is 0 Å². The smallest absolute Gasteiger partial charge is 0.193 e. The van der Waals surface area contributed by atoms with Crippen LogP contribution in [0.2, 0.25) is 0 Å². The maximum Gasteiger partial charge on any atom is 0.193 e. The molecule has 6 heteroatoms. The van der Waals surface area contributed by atoms with E-state index in [0.29, 0.717) is 32.2 Å². The van der Waals surface area contributed by atoms with E-state index >= 15 is 0 Å². The van der Waals surface area contributed by atoms with Crippen molar-refractivity contribution in [2.45, 2.75) is 26.5 Å². The number of benzene rings is 1. The quantitative estimate of drug-likeness (QED) is 0.374. The second kappa shape index (κ2) is 12.5. The molecule has 132 valence electrons. The largest absolute Gasteiger partial charge is 0.389 e. The SMILES string of the molecule is CC(C)COCC(O)CNC(=NCc1ccccc1)N(C)C.I. The Balaban J connectivity index is 0.00000484. The molecule has 0 aromatic heterocycles. The second-order valence-electron chi connectivity index (χ2n) is 5.99. The minimum absolute atomic E-state index is 0. The average Bonchev–Trinajstić information content (AvgIpc) is 2.47. The van der Waals surface area contributed by atoms with Crippen molar-refractivity contribution in [1.29, 1.82) is 0 Å². The molecule has 1 rings (SSSR count). The fraction of sp³-hybridized carbons (Fsp3) is 0.588. The van der Waals surface area contributed by atoms with Crippen LogP contribution in [0.4, 0.5) is 0 Å². The third kappa shape index (κ3) is 10.5. The predicted molar refractivity (Wildman–Crippen MR) is 106 cm³/mol. The minimum Gasteiger partial charge on any atom is -0.389 e. The first kappa shape index (κ1) is 22.1. The summed E-state index contributed by atoms with van der Waals surface area (Å²) in [5, 5.41) is 13.1. The summed E-state index contributed by atoms with van der Waals surface area (Å²) in [6.45, 7) is 6.21. The van der Waals surface area contributed by atoms with Gasteiger partial charge in [0, 0.05) is 27.2 Å². The van der Waals surface area contributed by atoms with E-state index in [1.165, 1.54) is 0 Å². The highest BCUT2D eigenvalue weighted by Crippen LogP contribution is 2.00. The summed E-state index contributed by atoms with van der Waals surface area (Å²) in [7, 11) is 3.86. The third-order valence-corrected chi connectivity index (χ3v) is 2.94. The highest BCUT2D eigenvalue weighted by Gasteiger charge is 2.08. The molecular weight excluding hydrogens is 405 g/mol. The highest BCUT2D eigenvalue weighted by atomic mass is 127. The molecule has 1 aromatic rings. The van der Waals surface area contributed by atoms with Crippen LogP contribution < -0.4 is 5.32 Å². The third-order valence-electron chi connectivity index (χ3n) is 2.94. The van der Waals surface area contributed by atoms with Crippen LogP contribution in [-0.4, -0.2) is 55.9 Å². The summed E-state index contributed by atoms with van der Waals surface area (Å²) in [5.41, 5.74) is 1.16. The van der Waals surface area contributed by atoms with Gasteiger partial charge in [0.1, 0.15) is 0 Å². The first-order valence-corrected chi connectivity index (χ1v) is 7.74. The van der Waals surface area contributed by atoms with Gasteiger partial charge < -0.3 is 20.1 Å². The molecule has 0 spiro atoms. The van der Waals surface area contributed by atoms with Gasteiger partial charge in [-0.2, -0.15) is 0 Å². The van der Waals surface area contributed by atoms with Gasteiger partial charge in [0.15, 0.2) is 5.96 Å². The lowest BCUT2D eigenvalue weighted by Crippen LogP contribution is -2.41. The van der Waals surface area contributed by atoms with Crippen LogP contribution in [0.5, 0.6) is 0 Å². The number of hydrogen-bond acceptors (Lipinski definition) is 3. The van der Waals surface area contributed by atoms with Gasteiger partial charge >= 0.3 is 0 Å². The average molecular weight is 435 g/mol. The normalized spacial score (nSPS) is 12.7. The van der Waals surface area contributed by atoms with Crippen LogP contribution >= 0.6 is 24.0 Å². The lowest BCUT2D eigenvalue weighted by Gasteiger charge is -2.20.